The van der Waals surface area contributed by atoms with Gasteiger partial charge in [0, 0.05) is 16.0 Å². The molecule has 1 amide bonds. The number of amides is 1. The first-order chi connectivity index (χ1) is 7.79. The van der Waals surface area contributed by atoms with Crippen molar-refractivity contribution >= 4 is 33.4 Å². The van der Waals surface area contributed by atoms with E-state index in [1.807, 2.05) is 0 Å². The zero-order chi connectivity index (χ0) is 13.1. The molecule has 0 aliphatic carbocycles. The molecule has 0 saturated heterocycles. The smallest absolute Gasteiger partial charge is 0.352 e. The van der Waals surface area contributed by atoms with E-state index in [2.05, 4.69) is 21.2 Å². The SMILES string of the molecule is O=C(NCCC(F)(F)F)c1ccc(Cl)cc1Br. The zero-order valence-electron chi connectivity index (χ0n) is 8.44. The molecule has 0 aliphatic rings. The monoisotopic (exact) mass is 329 g/mol. The molecule has 0 bridgehead atoms. The van der Waals surface area contributed by atoms with Crippen LogP contribution in [-0.2, 0) is 0 Å². The summed E-state index contributed by atoms with van der Waals surface area (Å²) in [4.78, 5) is 11.5. The molecule has 0 fully saturated rings. The van der Waals surface area contributed by atoms with Crippen molar-refractivity contribution in [3.8, 4) is 0 Å². The van der Waals surface area contributed by atoms with Crippen molar-refractivity contribution < 1.29 is 18.0 Å². The van der Waals surface area contributed by atoms with Crippen molar-refractivity contribution in [3.63, 3.8) is 0 Å². The van der Waals surface area contributed by atoms with Crippen LogP contribution >= 0.6 is 27.5 Å². The van der Waals surface area contributed by atoms with Crippen LogP contribution in [0.25, 0.3) is 0 Å². The lowest BCUT2D eigenvalue weighted by molar-refractivity contribution is -0.132. The molecule has 0 aliphatic heterocycles. The molecule has 1 rings (SSSR count). The lowest BCUT2D eigenvalue weighted by Gasteiger charge is -2.09. The van der Waals surface area contributed by atoms with Gasteiger partial charge in [0.15, 0.2) is 0 Å². The maximum Gasteiger partial charge on any atom is 0.390 e. The van der Waals surface area contributed by atoms with Crippen LogP contribution in [0.1, 0.15) is 16.8 Å². The minimum atomic E-state index is -4.27. The fraction of sp³-hybridized carbons (Fsp3) is 0.300. The Hall–Kier alpha value is -0.750. The molecule has 94 valence electrons. The highest BCUT2D eigenvalue weighted by Crippen LogP contribution is 2.22. The Labute approximate surface area is 109 Å². The second-order valence-corrected chi connectivity index (χ2v) is 4.54. The van der Waals surface area contributed by atoms with Gasteiger partial charge in [0.25, 0.3) is 5.91 Å². The van der Waals surface area contributed by atoms with Gasteiger partial charge in [0.05, 0.1) is 12.0 Å². The number of hydrogen-bond acceptors (Lipinski definition) is 1. The van der Waals surface area contributed by atoms with Crippen LogP contribution in [0, 0.1) is 0 Å². The van der Waals surface area contributed by atoms with Crippen LogP contribution in [0.15, 0.2) is 22.7 Å². The summed E-state index contributed by atoms with van der Waals surface area (Å²) in [5.41, 5.74) is 0.247. The number of hydrogen-bond donors (Lipinski definition) is 1. The molecule has 2 nitrogen and oxygen atoms in total. The van der Waals surface area contributed by atoms with Crippen molar-refractivity contribution in [2.24, 2.45) is 0 Å². The number of benzene rings is 1. The highest BCUT2D eigenvalue weighted by molar-refractivity contribution is 9.10. The fourth-order valence-electron chi connectivity index (χ4n) is 1.09. The molecule has 7 heteroatoms. The summed E-state index contributed by atoms with van der Waals surface area (Å²) in [7, 11) is 0. The standard InChI is InChI=1S/C10H8BrClF3NO/c11-8-5-6(12)1-2-7(8)9(17)16-4-3-10(13,14)15/h1-2,5H,3-4H2,(H,16,17). The molecule has 0 heterocycles. The quantitative estimate of drug-likeness (QED) is 0.898. The van der Waals surface area contributed by atoms with Crippen LogP contribution in [0.5, 0.6) is 0 Å². The number of nitrogens with one attached hydrogen (secondary N) is 1. The average molecular weight is 331 g/mol. The maximum absolute atomic E-state index is 11.9. The minimum absolute atomic E-state index is 0.247. The van der Waals surface area contributed by atoms with E-state index in [1.165, 1.54) is 18.2 Å². The van der Waals surface area contributed by atoms with Gasteiger partial charge in [-0.05, 0) is 34.1 Å². The normalized spacial score (nSPS) is 11.4. The number of carbonyl (C=O) groups excluding carboxylic acids is 1. The van der Waals surface area contributed by atoms with E-state index in [4.69, 9.17) is 11.6 Å². The third-order valence-electron chi connectivity index (χ3n) is 1.87. The van der Waals surface area contributed by atoms with Crippen molar-refractivity contribution in [1.29, 1.82) is 0 Å². The number of carbonyl (C=O) groups is 1. The molecular formula is C10H8BrClF3NO. The van der Waals surface area contributed by atoms with Gasteiger partial charge in [0.1, 0.15) is 0 Å². The molecular weight excluding hydrogens is 322 g/mol. The third kappa shape index (κ3) is 4.95. The number of rotatable bonds is 3. The minimum Gasteiger partial charge on any atom is -0.352 e. The van der Waals surface area contributed by atoms with Crippen LogP contribution in [0.3, 0.4) is 0 Å². The van der Waals surface area contributed by atoms with Gasteiger partial charge in [-0.3, -0.25) is 4.79 Å². The van der Waals surface area contributed by atoms with E-state index < -0.39 is 25.0 Å². The molecule has 1 N–H and O–H groups in total. The second kappa shape index (κ2) is 5.73. The van der Waals surface area contributed by atoms with Gasteiger partial charge in [-0.25, -0.2) is 0 Å². The summed E-state index contributed by atoms with van der Waals surface area (Å²) in [6.07, 6.45) is -5.32. The highest BCUT2D eigenvalue weighted by atomic mass is 79.9. The Morgan fingerprint density at radius 2 is 2.06 bits per heavy atom. The highest BCUT2D eigenvalue weighted by Gasteiger charge is 2.26. The molecule has 17 heavy (non-hydrogen) atoms. The predicted octanol–water partition coefficient (Wildman–Crippen LogP) is 3.78. The van der Waals surface area contributed by atoms with Gasteiger partial charge in [-0.15, -0.1) is 0 Å². The topological polar surface area (TPSA) is 29.1 Å². The first-order valence-electron chi connectivity index (χ1n) is 4.59. The Morgan fingerprint density at radius 3 is 2.59 bits per heavy atom. The van der Waals surface area contributed by atoms with E-state index in [1.54, 1.807) is 0 Å². The van der Waals surface area contributed by atoms with Gasteiger partial charge >= 0.3 is 6.18 Å². The van der Waals surface area contributed by atoms with Crippen LogP contribution < -0.4 is 5.32 Å². The molecule has 0 saturated carbocycles. The van der Waals surface area contributed by atoms with E-state index >= 15 is 0 Å². The lowest BCUT2D eigenvalue weighted by atomic mass is 10.2. The Kier molecular flexibility index (Phi) is 4.82. The van der Waals surface area contributed by atoms with Gasteiger partial charge < -0.3 is 5.32 Å². The summed E-state index contributed by atoms with van der Waals surface area (Å²) >= 11 is 8.79. The van der Waals surface area contributed by atoms with Gasteiger partial charge in [-0.1, -0.05) is 11.6 Å². The molecule has 0 aromatic heterocycles. The van der Waals surface area contributed by atoms with Crippen LogP contribution in [0.4, 0.5) is 13.2 Å². The maximum atomic E-state index is 11.9. The second-order valence-electron chi connectivity index (χ2n) is 3.25. The average Bonchev–Trinajstić information content (AvgIpc) is 2.15. The van der Waals surface area contributed by atoms with Gasteiger partial charge in [-0.2, -0.15) is 13.2 Å². The Bertz CT molecular complexity index is 423. The fourth-order valence-corrected chi connectivity index (χ4v) is 1.95. The summed E-state index contributed by atoms with van der Waals surface area (Å²) in [6.45, 7) is -0.447. The molecule has 0 spiro atoms. The van der Waals surface area contributed by atoms with Crippen molar-refractivity contribution in [2.75, 3.05) is 6.54 Å². The number of alkyl halides is 3. The lowest BCUT2D eigenvalue weighted by Crippen LogP contribution is -2.28. The number of halogens is 5. The van der Waals surface area contributed by atoms with Crippen LogP contribution in [-0.4, -0.2) is 18.6 Å². The predicted molar refractivity (Wildman–Crippen MR) is 62.2 cm³/mol. The third-order valence-corrected chi connectivity index (χ3v) is 2.76. The van der Waals surface area contributed by atoms with E-state index in [-0.39, 0.29) is 5.56 Å². The molecule has 0 radical (unpaired) electrons. The van der Waals surface area contributed by atoms with Gasteiger partial charge in [0.2, 0.25) is 0 Å². The Morgan fingerprint density at radius 1 is 1.41 bits per heavy atom. The van der Waals surface area contributed by atoms with Crippen molar-refractivity contribution in [3.05, 3.63) is 33.3 Å². The van der Waals surface area contributed by atoms with E-state index in [0.717, 1.165) is 0 Å². The first-order valence-corrected chi connectivity index (χ1v) is 5.77. The summed E-state index contributed by atoms with van der Waals surface area (Å²) < 4.78 is 36.0. The van der Waals surface area contributed by atoms with E-state index in [9.17, 15) is 18.0 Å². The molecule has 1 aromatic rings. The molecule has 0 atom stereocenters. The van der Waals surface area contributed by atoms with Crippen LogP contribution in [0.2, 0.25) is 5.02 Å². The summed E-state index contributed by atoms with van der Waals surface area (Å²) in [5.74, 6) is -0.571. The molecule has 1 aromatic carbocycles. The van der Waals surface area contributed by atoms with Crippen molar-refractivity contribution in [2.45, 2.75) is 12.6 Å². The molecule has 0 unspecified atom stereocenters. The van der Waals surface area contributed by atoms with Crippen molar-refractivity contribution in [1.82, 2.24) is 5.32 Å². The zero-order valence-corrected chi connectivity index (χ0v) is 10.8. The largest absolute Gasteiger partial charge is 0.390 e. The Balaban J connectivity index is 2.59. The summed E-state index contributed by atoms with van der Waals surface area (Å²) in [5, 5.41) is 2.62. The first kappa shape index (κ1) is 14.3. The summed E-state index contributed by atoms with van der Waals surface area (Å²) in [6, 6.07) is 4.43. The van der Waals surface area contributed by atoms with E-state index in [0.29, 0.717) is 9.50 Å².